The first-order valence-corrected chi connectivity index (χ1v) is 7.42. The number of carbonyl (C=O) groups excluding carboxylic acids is 2. The number of imide groups is 1. The van der Waals surface area contributed by atoms with E-state index in [9.17, 15) is 14.4 Å². The molecular weight excluding hydrogens is 280 g/mol. The highest BCUT2D eigenvalue weighted by Gasteiger charge is 2.47. The number of aromatic nitrogens is 1. The van der Waals surface area contributed by atoms with Crippen molar-refractivity contribution in [3.63, 3.8) is 0 Å². The number of fused-ring (bicyclic) bond motifs is 2. The van der Waals surface area contributed by atoms with E-state index in [0.717, 1.165) is 12.8 Å². The number of likely N-dealkylation sites (tertiary alicyclic amines) is 1. The quantitative estimate of drug-likeness (QED) is 0.857. The van der Waals surface area contributed by atoms with Crippen molar-refractivity contribution in [2.24, 2.45) is 11.8 Å². The maximum absolute atomic E-state index is 12.3. The number of hydrogen-bond donors (Lipinski definition) is 1. The molecule has 2 amide bonds. The number of carboxylic acids is 1. The van der Waals surface area contributed by atoms with Crippen LogP contribution in [-0.2, 0) is 9.59 Å². The van der Waals surface area contributed by atoms with Crippen LogP contribution in [0.5, 0.6) is 0 Å². The molecule has 1 N–H and O–H groups in total. The summed E-state index contributed by atoms with van der Waals surface area (Å²) in [5.74, 6) is -1.49. The summed E-state index contributed by atoms with van der Waals surface area (Å²) in [6.07, 6.45) is 2.21. The van der Waals surface area contributed by atoms with Crippen molar-refractivity contribution in [3.05, 3.63) is 16.1 Å². The van der Waals surface area contributed by atoms with Gasteiger partial charge < -0.3 is 5.11 Å². The number of carboxylic acid groups (broad SMARTS) is 1. The fourth-order valence-corrected chi connectivity index (χ4v) is 3.84. The van der Waals surface area contributed by atoms with Gasteiger partial charge in [-0.1, -0.05) is 0 Å². The maximum atomic E-state index is 12.3. The highest BCUT2D eigenvalue weighted by atomic mass is 32.1. The smallest absolute Gasteiger partial charge is 0.355 e. The molecule has 2 aliphatic rings. The molecule has 2 bridgehead atoms. The number of amides is 2. The fraction of sp³-hybridized carbons (Fsp3) is 0.538. The Hall–Kier alpha value is -1.76. The zero-order valence-electron chi connectivity index (χ0n) is 10.9. The fourth-order valence-electron chi connectivity index (χ4n) is 3.00. The lowest BCUT2D eigenvalue weighted by Crippen LogP contribution is -2.47. The van der Waals surface area contributed by atoms with Crippen molar-refractivity contribution in [1.82, 2.24) is 9.88 Å². The molecule has 2 fully saturated rings. The number of aromatic carboxylic acids is 1. The number of thiazole rings is 1. The van der Waals surface area contributed by atoms with E-state index in [1.54, 1.807) is 6.92 Å². The minimum Gasteiger partial charge on any atom is -0.476 e. The predicted octanol–water partition coefficient (Wildman–Crippen LogP) is 1.69. The summed E-state index contributed by atoms with van der Waals surface area (Å²) in [4.78, 5) is 40.8. The van der Waals surface area contributed by atoms with Gasteiger partial charge in [0.05, 0.1) is 6.04 Å². The Balaban J connectivity index is 1.88. The van der Waals surface area contributed by atoms with Gasteiger partial charge in [0.25, 0.3) is 0 Å². The molecule has 6 nitrogen and oxygen atoms in total. The Bertz CT molecular complexity index is 575. The number of carbonyl (C=O) groups is 3. The second-order valence-corrected chi connectivity index (χ2v) is 6.20. The maximum Gasteiger partial charge on any atom is 0.355 e. The third-order valence-corrected chi connectivity index (χ3v) is 5.11. The van der Waals surface area contributed by atoms with Crippen LogP contribution in [0.25, 0.3) is 0 Å². The second-order valence-electron chi connectivity index (χ2n) is 5.31. The monoisotopic (exact) mass is 294 g/mol. The summed E-state index contributed by atoms with van der Waals surface area (Å²) in [7, 11) is 0. The molecule has 7 heteroatoms. The lowest BCUT2D eigenvalue weighted by atomic mass is 9.96. The van der Waals surface area contributed by atoms with Gasteiger partial charge in [-0.25, -0.2) is 9.78 Å². The van der Waals surface area contributed by atoms with Gasteiger partial charge >= 0.3 is 5.97 Å². The molecule has 106 valence electrons. The first-order chi connectivity index (χ1) is 9.49. The summed E-state index contributed by atoms with van der Waals surface area (Å²) in [6.45, 7) is 1.73. The van der Waals surface area contributed by atoms with Gasteiger partial charge in [-0.2, -0.15) is 0 Å². The third kappa shape index (κ3) is 1.93. The van der Waals surface area contributed by atoms with E-state index in [0.29, 0.717) is 11.4 Å². The van der Waals surface area contributed by atoms with Crippen LogP contribution in [0.15, 0.2) is 5.38 Å². The van der Waals surface area contributed by atoms with Gasteiger partial charge in [0, 0.05) is 17.2 Å². The highest BCUT2D eigenvalue weighted by molar-refractivity contribution is 7.09. The van der Waals surface area contributed by atoms with Gasteiger partial charge in [0.2, 0.25) is 11.8 Å². The van der Waals surface area contributed by atoms with Crippen LogP contribution in [0.4, 0.5) is 0 Å². The molecule has 1 aliphatic heterocycles. The van der Waals surface area contributed by atoms with Crippen molar-refractivity contribution in [1.29, 1.82) is 0 Å². The van der Waals surface area contributed by atoms with Gasteiger partial charge in [-0.15, -0.1) is 11.3 Å². The highest BCUT2D eigenvalue weighted by Crippen LogP contribution is 2.41. The molecule has 3 rings (SSSR count). The van der Waals surface area contributed by atoms with Gasteiger partial charge in [-0.05, 0) is 26.2 Å². The van der Waals surface area contributed by atoms with Crippen LogP contribution in [-0.4, -0.2) is 32.8 Å². The zero-order valence-corrected chi connectivity index (χ0v) is 11.7. The molecule has 0 spiro atoms. The molecule has 1 saturated heterocycles. The van der Waals surface area contributed by atoms with Crippen molar-refractivity contribution < 1.29 is 19.5 Å². The molecule has 1 saturated carbocycles. The lowest BCUT2D eigenvalue weighted by molar-refractivity contribution is -0.155. The molecule has 0 aromatic carbocycles. The predicted molar refractivity (Wildman–Crippen MR) is 70.2 cm³/mol. The average molecular weight is 294 g/mol. The minimum atomic E-state index is -1.10. The number of nitrogens with zero attached hydrogens (tertiary/aromatic N) is 2. The Kier molecular flexibility index (Phi) is 3.08. The standard InChI is InChI=1S/C13H14N2O4S/c1-6(10-14-9(5-20-10)13(18)19)15-11(16)7-2-3-8(4-7)12(15)17/h5-8H,2-4H2,1H3,(H,18,19). The Morgan fingerprint density at radius 2 is 2.00 bits per heavy atom. The second kappa shape index (κ2) is 4.66. The number of hydrogen-bond acceptors (Lipinski definition) is 5. The van der Waals surface area contributed by atoms with Crippen LogP contribution >= 0.6 is 11.3 Å². The summed E-state index contributed by atoms with van der Waals surface area (Å²) in [5, 5.41) is 10.8. The molecule has 3 atom stereocenters. The van der Waals surface area contributed by atoms with E-state index in [4.69, 9.17) is 5.11 Å². The van der Waals surface area contributed by atoms with Crippen molar-refractivity contribution >= 4 is 29.1 Å². The summed E-state index contributed by atoms with van der Waals surface area (Å²) in [6, 6.07) is -0.489. The lowest BCUT2D eigenvalue weighted by Gasteiger charge is -2.33. The summed E-state index contributed by atoms with van der Waals surface area (Å²) in [5.41, 5.74) is -0.0447. The first-order valence-electron chi connectivity index (χ1n) is 6.54. The molecular formula is C13H14N2O4S. The minimum absolute atomic E-state index is 0.0447. The molecule has 0 radical (unpaired) electrons. The molecule has 3 unspecified atom stereocenters. The average Bonchev–Trinajstić information content (AvgIpc) is 3.05. The van der Waals surface area contributed by atoms with Gasteiger partial charge in [-0.3, -0.25) is 14.5 Å². The Morgan fingerprint density at radius 3 is 2.50 bits per heavy atom. The van der Waals surface area contributed by atoms with Crippen molar-refractivity contribution in [2.75, 3.05) is 0 Å². The Morgan fingerprint density at radius 1 is 1.40 bits per heavy atom. The van der Waals surface area contributed by atoms with E-state index in [-0.39, 0.29) is 29.3 Å². The SMILES string of the molecule is CC(c1nc(C(=O)O)cs1)N1C(=O)C2CCC(C2)C1=O. The van der Waals surface area contributed by atoms with E-state index >= 15 is 0 Å². The third-order valence-electron chi connectivity index (χ3n) is 4.09. The summed E-state index contributed by atoms with van der Waals surface area (Å²) >= 11 is 1.17. The topological polar surface area (TPSA) is 87.6 Å². The van der Waals surface area contributed by atoms with Crippen molar-refractivity contribution in [2.45, 2.75) is 32.2 Å². The van der Waals surface area contributed by atoms with E-state index in [1.165, 1.54) is 21.6 Å². The van der Waals surface area contributed by atoms with E-state index in [2.05, 4.69) is 4.98 Å². The number of piperidine rings is 1. The normalized spacial score (nSPS) is 26.9. The van der Waals surface area contributed by atoms with Crippen LogP contribution < -0.4 is 0 Å². The molecule has 1 aromatic rings. The largest absolute Gasteiger partial charge is 0.476 e. The van der Waals surface area contributed by atoms with E-state index in [1.807, 2.05) is 0 Å². The van der Waals surface area contributed by atoms with Gasteiger partial charge in [0.1, 0.15) is 5.01 Å². The van der Waals surface area contributed by atoms with Crippen LogP contribution in [0.2, 0.25) is 0 Å². The number of rotatable bonds is 3. The van der Waals surface area contributed by atoms with Gasteiger partial charge in [0.15, 0.2) is 5.69 Å². The molecule has 1 aromatic heterocycles. The summed E-state index contributed by atoms with van der Waals surface area (Å²) < 4.78 is 0. The van der Waals surface area contributed by atoms with E-state index < -0.39 is 12.0 Å². The first kappa shape index (κ1) is 13.2. The Labute approximate surface area is 119 Å². The van der Waals surface area contributed by atoms with Crippen LogP contribution in [0.3, 0.4) is 0 Å². The zero-order chi connectivity index (χ0) is 14.4. The molecule has 1 aliphatic carbocycles. The van der Waals surface area contributed by atoms with Crippen LogP contribution in [0, 0.1) is 11.8 Å². The van der Waals surface area contributed by atoms with Crippen LogP contribution in [0.1, 0.15) is 47.7 Å². The molecule has 2 heterocycles. The van der Waals surface area contributed by atoms with Crippen molar-refractivity contribution in [3.8, 4) is 0 Å². The molecule has 20 heavy (non-hydrogen) atoms.